The molecule has 0 saturated carbocycles. The molecule has 0 aromatic heterocycles. The number of hydrogen-bond donors (Lipinski definition) is 0. The Labute approximate surface area is 92.6 Å². The largest absolute Gasteiger partial charge is 0.301 e. The van der Waals surface area contributed by atoms with Gasteiger partial charge >= 0.3 is 0 Å². The molecule has 1 nitrogen and oxygen atoms in total. The summed E-state index contributed by atoms with van der Waals surface area (Å²) in [5.41, 5.74) is 2.36. The lowest BCUT2D eigenvalue weighted by atomic mass is 9.80. The third kappa shape index (κ3) is 1.10. The van der Waals surface area contributed by atoms with E-state index < -0.39 is 4.32 Å². The summed E-state index contributed by atoms with van der Waals surface area (Å²) >= 11 is 3.60. The van der Waals surface area contributed by atoms with Crippen molar-refractivity contribution in [3.05, 3.63) is 35.4 Å². The van der Waals surface area contributed by atoms with E-state index in [4.69, 9.17) is 0 Å². The van der Waals surface area contributed by atoms with Gasteiger partial charge in [-0.2, -0.15) is 0 Å². The first-order valence-electron chi connectivity index (χ1n) is 4.75. The molecule has 1 aliphatic carbocycles. The molecule has 0 heterocycles. The Balaban J connectivity index is 2.65. The molecule has 0 bridgehead atoms. The van der Waals surface area contributed by atoms with E-state index in [9.17, 15) is 4.79 Å². The Hall–Kier alpha value is -0.630. The van der Waals surface area contributed by atoms with Gasteiger partial charge in [0.2, 0.25) is 0 Å². The minimum absolute atomic E-state index is 0.0432. The van der Waals surface area contributed by atoms with Crippen molar-refractivity contribution in [2.24, 2.45) is 5.41 Å². The second kappa shape index (κ2) is 2.93. The van der Waals surface area contributed by atoms with E-state index in [1.165, 1.54) is 5.56 Å². The van der Waals surface area contributed by atoms with Gasteiger partial charge in [0.25, 0.3) is 0 Å². The molecule has 1 unspecified atom stereocenters. The van der Waals surface area contributed by atoms with Gasteiger partial charge in [0.1, 0.15) is 10.6 Å². The number of aldehydes is 1. The van der Waals surface area contributed by atoms with Crippen LogP contribution >= 0.6 is 15.9 Å². The zero-order chi connectivity index (χ0) is 10.4. The van der Waals surface area contributed by atoms with E-state index in [0.717, 1.165) is 18.3 Å². The van der Waals surface area contributed by atoms with E-state index in [1.807, 2.05) is 18.2 Å². The van der Waals surface area contributed by atoms with Gasteiger partial charge in [-0.15, -0.1) is 0 Å². The van der Waals surface area contributed by atoms with E-state index in [1.54, 1.807) is 0 Å². The van der Waals surface area contributed by atoms with Crippen LogP contribution in [0.1, 0.15) is 25.0 Å². The lowest BCUT2D eigenvalue weighted by molar-refractivity contribution is -0.111. The monoisotopic (exact) mass is 252 g/mol. The van der Waals surface area contributed by atoms with Crippen LogP contribution in [0.4, 0.5) is 0 Å². The van der Waals surface area contributed by atoms with Gasteiger partial charge in [0.15, 0.2) is 0 Å². The maximum atomic E-state index is 11.3. The highest BCUT2D eigenvalue weighted by Crippen LogP contribution is 2.54. The lowest BCUT2D eigenvalue weighted by Crippen LogP contribution is -2.33. The van der Waals surface area contributed by atoms with Crippen molar-refractivity contribution in [1.29, 1.82) is 0 Å². The highest BCUT2D eigenvalue weighted by Gasteiger charge is 2.50. The fourth-order valence-corrected chi connectivity index (χ4v) is 2.75. The van der Waals surface area contributed by atoms with Crippen molar-refractivity contribution < 1.29 is 4.79 Å². The van der Waals surface area contributed by atoms with Crippen LogP contribution in [0.25, 0.3) is 0 Å². The van der Waals surface area contributed by atoms with Gasteiger partial charge in [-0.3, -0.25) is 0 Å². The van der Waals surface area contributed by atoms with Gasteiger partial charge in [-0.05, 0) is 23.0 Å². The van der Waals surface area contributed by atoms with Gasteiger partial charge in [0.05, 0.1) is 0 Å². The van der Waals surface area contributed by atoms with Crippen LogP contribution in [0.3, 0.4) is 0 Å². The van der Waals surface area contributed by atoms with Crippen molar-refractivity contribution in [2.45, 2.75) is 24.6 Å². The van der Waals surface area contributed by atoms with Crippen LogP contribution in [0.15, 0.2) is 24.3 Å². The molecule has 1 aromatic carbocycles. The van der Waals surface area contributed by atoms with Gasteiger partial charge < -0.3 is 4.79 Å². The zero-order valence-electron chi connectivity index (χ0n) is 8.38. The first-order chi connectivity index (χ1) is 6.51. The van der Waals surface area contributed by atoms with Crippen LogP contribution in [0.2, 0.25) is 0 Å². The molecule has 0 aliphatic heterocycles. The maximum Gasteiger partial charge on any atom is 0.141 e. The second-order valence-electron chi connectivity index (χ2n) is 4.55. The Kier molecular flexibility index (Phi) is 2.07. The summed E-state index contributed by atoms with van der Waals surface area (Å²) in [4.78, 5) is 11.3. The number of halogens is 1. The molecule has 1 atom stereocenters. The summed E-state index contributed by atoms with van der Waals surface area (Å²) in [6.45, 7) is 4.24. The summed E-state index contributed by atoms with van der Waals surface area (Å²) in [5, 5.41) is 0. The Bertz CT molecular complexity index is 384. The predicted molar refractivity (Wildman–Crippen MR) is 60.6 cm³/mol. The molecular weight excluding hydrogens is 240 g/mol. The number of alkyl halides is 1. The number of benzene rings is 1. The second-order valence-corrected chi connectivity index (χ2v) is 5.80. The predicted octanol–water partition coefficient (Wildman–Crippen LogP) is 3.06. The number of rotatable bonds is 1. The van der Waals surface area contributed by atoms with Crippen LogP contribution in [-0.4, -0.2) is 6.29 Å². The number of carbonyl (C=O) groups excluding carboxylic acids is 1. The molecule has 0 N–H and O–H groups in total. The minimum Gasteiger partial charge on any atom is -0.301 e. The molecule has 0 spiro atoms. The van der Waals surface area contributed by atoms with E-state index in [2.05, 4.69) is 35.8 Å². The van der Waals surface area contributed by atoms with E-state index >= 15 is 0 Å². The van der Waals surface area contributed by atoms with Gasteiger partial charge in [-0.1, -0.05) is 54.0 Å². The zero-order valence-corrected chi connectivity index (χ0v) is 9.97. The maximum absolute atomic E-state index is 11.3. The van der Waals surface area contributed by atoms with Crippen molar-refractivity contribution in [2.75, 3.05) is 0 Å². The van der Waals surface area contributed by atoms with Crippen LogP contribution in [0.5, 0.6) is 0 Å². The molecular formula is C12H13BrO. The number of hydrogen-bond acceptors (Lipinski definition) is 1. The molecule has 74 valence electrons. The minimum atomic E-state index is -0.503. The SMILES string of the molecule is CC1(C)Cc2ccccc2C1(Br)C=O. The Morgan fingerprint density at radius 3 is 2.64 bits per heavy atom. The Morgan fingerprint density at radius 1 is 1.36 bits per heavy atom. The quantitative estimate of drug-likeness (QED) is 0.555. The summed E-state index contributed by atoms with van der Waals surface area (Å²) in [7, 11) is 0. The average molecular weight is 253 g/mol. The molecule has 0 amide bonds. The number of carbonyl (C=O) groups is 1. The van der Waals surface area contributed by atoms with E-state index in [0.29, 0.717) is 0 Å². The summed E-state index contributed by atoms with van der Waals surface area (Å²) in [6, 6.07) is 8.15. The topological polar surface area (TPSA) is 17.1 Å². The number of fused-ring (bicyclic) bond motifs is 1. The highest BCUT2D eigenvalue weighted by atomic mass is 79.9. The van der Waals surface area contributed by atoms with Crippen LogP contribution in [-0.2, 0) is 15.5 Å². The van der Waals surface area contributed by atoms with Crippen molar-refractivity contribution in [1.82, 2.24) is 0 Å². The highest BCUT2D eigenvalue weighted by molar-refractivity contribution is 9.10. The van der Waals surface area contributed by atoms with Crippen molar-refractivity contribution >= 4 is 22.2 Å². The fraction of sp³-hybridized carbons (Fsp3) is 0.417. The molecule has 14 heavy (non-hydrogen) atoms. The van der Waals surface area contributed by atoms with Gasteiger partial charge in [0, 0.05) is 0 Å². The molecule has 0 radical (unpaired) electrons. The normalized spacial score (nSPS) is 28.5. The fourth-order valence-electron chi connectivity index (χ4n) is 2.22. The molecule has 1 aromatic rings. The molecule has 1 aliphatic rings. The molecule has 0 saturated heterocycles. The van der Waals surface area contributed by atoms with Crippen molar-refractivity contribution in [3.63, 3.8) is 0 Å². The van der Waals surface area contributed by atoms with Gasteiger partial charge in [-0.25, -0.2) is 0 Å². The third-order valence-corrected chi connectivity index (χ3v) is 4.88. The molecule has 2 rings (SSSR count). The van der Waals surface area contributed by atoms with Crippen LogP contribution < -0.4 is 0 Å². The Morgan fingerprint density at radius 2 is 2.00 bits per heavy atom. The first kappa shape index (κ1) is 9.91. The summed E-state index contributed by atoms with van der Waals surface area (Å²) < 4.78 is -0.503. The molecule has 2 heteroatoms. The third-order valence-electron chi connectivity index (χ3n) is 3.19. The standard InChI is InChI=1S/C12H13BrO/c1-11(2)7-9-5-3-4-6-10(9)12(11,13)8-14/h3-6,8H,7H2,1-2H3. The average Bonchev–Trinajstić information content (AvgIpc) is 2.36. The lowest BCUT2D eigenvalue weighted by Gasteiger charge is -2.31. The molecule has 0 fully saturated rings. The smallest absolute Gasteiger partial charge is 0.141 e. The van der Waals surface area contributed by atoms with Crippen LogP contribution in [0, 0.1) is 5.41 Å². The summed E-state index contributed by atoms with van der Waals surface area (Å²) in [6.07, 6.45) is 1.98. The van der Waals surface area contributed by atoms with E-state index in [-0.39, 0.29) is 5.41 Å². The first-order valence-corrected chi connectivity index (χ1v) is 5.54. The van der Waals surface area contributed by atoms with Crippen molar-refractivity contribution in [3.8, 4) is 0 Å². The summed E-state index contributed by atoms with van der Waals surface area (Å²) in [5.74, 6) is 0.